The fourth-order valence-electron chi connectivity index (χ4n) is 2.47. The second-order valence-corrected chi connectivity index (χ2v) is 5.69. The molecular formula is C18H16N4O. The van der Waals surface area contributed by atoms with Crippen molar-refractivity contribution in [2.75, 3.05) is 10.6 Å². The van der Waals surface area contributed by atoms with Gasteiger partial charge in [0, 0.05) is 17.6 Å². The van der Waals surface area contributed by atoms with Crippen molar-refractivity contribution in [3.63, 3.8) is 0 Å². The van der Waals surface area contributed by atoms with Crippen LogP contribution in [0.3, 0.4) is 0 Å². The zero-order valence-corrected chi connectivity index (χ0v) is 12.5. The first kappa shape index (κ1) is 13.7. The Balaban J connectivity index is 1.54. The maximum absolute atomic E-state index is 12.4. The molecule has 3 aromatic rings. The van der Waals surface area contributed by atoms with Gasteiger partial charge in [-0.05, 0) is 37.1 Å². The predicted molar refractivity (Wildman–Crippen MR) is 90.6 cm³/mol. The quantitative estimate of drug-likeness (QED) is 0.774. The summed E-state index contributed by atoms with van der Waals surface area (Å²) in [6.45, 7) is 0. The van der Waals surface area contributed by atoms with Crippen LogP contribution in [0.5, 0.6) is 0 Å². The van der Waals surface area contributed by atoms with E-state index in [0.717, 1.165) is 16.6 Å². The number of carbonyl (C=O) groups excluding carboxylic acids is 1. The Hall–Kier alpha value is -2.95. The summed E-state index contributed by atoms with van der Waals surface area (Å²) in [5.41, 5.74) is 2.81. The lowest BCUT2D eigenvalue weighted by Crippen LogP contribution is -2.14. The summed E-state index contributed by atoms with van der Waals surface area (Å²) in [5.74, 6) is -0.235. The standard InChI is InChI=1S/C18H16N4O/c23-18(16-9-8-14(11-20-16)21-13-6-7-13)22-15-5-1-3-12-4-2-10-19-17(12)15/h1-5,8-11,13,21H,6-7H2,(H,22,23). The molecule has 0 bridgehead atoms. The number of rotatable bonds is 4. The van der Waals surface area contributed by atoms with Gasteiger partial charge < -0.3 is 10.6 Å². The number of anilines is 2. The Bertz CT molecular complexity index is 851. The molecule has 1 amide bonds. The van der Waals surface area contributed by atoms with Crippen molar-refractivity contribution in [2.24, 2.45) is 0 Å². The van der Waals surface area contributed by atoms with Crippen LogP contribution in [-0.2, 0) is 0 Å². The van der Waals surface area contributed by atoms with Crippen molar-refractivity contribution < 1.29 is 4.79 Å². The first-order valence-corrected chi connectivity index (χ1v) is 7.67. The number of nitrogens with zero attached hydrogens (tertiary/aromatic N) is 2. The summed E-state index contributed by atoms with van der Waals surface area (Å²) in [6, 6.07) is 13.7. The van der Waals surface area contributed by atoms with Gasteiger partial charge in [-0.1, -0.05) is 18.2 Å². The topological polar surface area (TPSA) is 66.9 Å². The van der Waals surface area contributed by atoms with E-state index < -0.39 is 0 Å². The van der Waals surface area contributed by atoms with Crippen LogP contribution in [0.25, 0.3) is 10.9 Å². The molecular weight excluding hydrogens is 288 g/mol. The van der Waals surface area contributed by atoms with Gasteiger partial charge in [0.2, 0.25) is 0 Å². The average Bonchev–Trinajstić information content (AvgIpc) is 3.40. The second kappa shape index (κ2) is 5.68. The smallest absolute Gasteiger partial charge is 0.274 e. The molecule has 23 heavy (non-hydrogen) atoms. The maximum Gasteiger partial charge on any atom is 0.274 e. The highest BCUT2D eigenvalue weighted by atomic mass is 16.1. The highest BCUT2D eigenvalue weighted by Gasteiger charge is 2.20. The molecule has 1 aliphatic carbocycles. The number of aromatic nitrogens is 2. The van der Waals surface area contributed by atoms with Crippen molar-refractivity contribution in [3.05, 3.63) is 60.6 Å². The third-order valence-electron chi connectivity index (χ3n) is 3.83. The number of hydrogen-bond donors (Lipinski definition) is 2. The molecule has 1 aromatic carbocycles. The van der Waals surface area contributed by atoms with Crippen LogP contribution >= 0.6 is 0 Å². The molecule has 4 rings (SSSR count). The maximum atomic E-state index is 12.4. The number of hydrogen-bond acceptors (Lipinski definition) is 4. The minimum absolute atomic E-state index is 0.235. The van der Waals surface area contributed by atoms with E-state index in [-0.39, 0.29) is 5.91 Å². The number of amides is 1. The van der Waals surface area contributed by atoms with Crippen LogP contribution in [0.2, 0.25) is 0 Å². The van der Waals surface area contributed by atoms with Gasteiger partial charge in [-0.25, -0.2) is 4.98 Å². The third-order valence-corrected chi connectivity index (χ3v) is 3.83. The lowest BCUT2D eigenvalue weighted by molar-refractivity contribution is 0.102. The number of para-hydroxylation sites is 1. The Morgan fingerprint density at radius 2 is 1.91 bits per heavy atom. The van der Waals surface area contributed by atoms with E-state index in [1.807, 2.05) is 36.4 Å². The van der Waals surface area contributed by atoms with Crippen molar-refractivity contribution in [3.8, 4) is 0 Å². The van der Waals surface area contributed by atoms with E-state index >= 15 is 0 Å². The van der Waals surface area contributed by atoms with Crippen LogP contribution in [0.1, 0.15) is 23.3 Å². The average molecular weight is 304 g/mol. The highest BCUT2D eigenvalue weighted by molar-refractivity contribution is 6.07. The first-order valence-electron chi connectivity index (χ1n) is 7.67. The summed E-state index contributed by atoms with van der Waals surface area (Å²) >= 11 is 0. The zero-order valence-electron chi connectivity index (χ0n) is 12.5. The number of benzene rings is 1. The molecule has 5 heteroatoms. The molecule has 2 heterocycles. The van der Waals surface area contributed by atoms with Gasteiger partial charge in [0.05, 0.1) is 23.1 Å². The minimum atomic E-state index is -0.235. The van der Waals surface area contributed by atoms with Gasteiger partial charge in [0.1, 0.15) is 5.69 Å². The largest absolute Gasteiger partial charge is 0.381 e. The van der Waals surface area contributed by atoms with Gasteiger partial charge >= 0.3 is 0 Å². The fourth-order valence-corrected chi connectivity index (χ4v) is 2.47. The second-order valence-electron chi connectivity index (χ2n) is 5.69. The summed E-state index contributed by atoms with van der Waals surface area (Å²) in [4.78, 5) is 21.0. The Morgan fingerprint density at radius 1 is 1.04 bits per heavy atom. The molecule has 114 valence electrons. The first-order chi connectivity index (χ1) is 11.3. The van der Waals surface area contributed by atoms with E-state index in [9.17, 15) is 4.79 Å². The lowest BCUT2D eigenvalue weighted by atomic mass is 10.2. The third kappa shape index (κ3) is 2.99. The fraction of sp³-hybridized carbons (Fsp3) is 0.167. The van der Waals surface area contributed by atoms with Crippen LogP contribution in [0.4, 0.5) is 11.4 Å². The Labute approximate surface area is 133 Å². The molecule has 2 N–H and O–H groups in total. The molecule has 2 aromatic heterocycles. The monoisotopic (exact) mass is 304 g/mol. The van der Waals surface area contributed by atoms with E-state index in [0.29, 0.717) is 17.4 Å². The number of pyridine rings is 2. The van der Waals surface area contributed by atoms with Crippen LogP contribution in [0.15, 0.2) is 54.9 Å². The lowest BCUT2D eigenvalue weighted by Gasteiger charge is -2.08. The van der Waals surface area contributed by atoms with Crippen molar-refractivity contribution in [1.82, 2.24) is 9.97 Å². The molecule has 0 aliphatic heterocycles. The molecule has 0 spiro atoms. The molecule has 0 radical (unpaired) electrons. The number of fused-ring (bicyclic) bond motifs is 1. The SMILES string of the molecule is O=C(Nc1cccc2cccnc12)c1ccc(NC2CC2)cn1. The molecule has 0 atom stereocenters. The summed E-state index contributed by atoms with van der Waals surface area (Å²) in [5, 5.41) is 7.23. The zero-order chi connectivity index (χ0) is 15.6. The Kier molecular flexibility index (Phi) is 3.38. The molecule has 5 nitrogen and oxygen atoms in total. The Morgan fingerprint density at radius 3 is 2.70 bits per heavy atom. The van der Waals surface area contributed by atoms with E-state index in [1.165, 1.54) is 12.8 Å². The minimum Gasteiger partial charge on any atom is -0.381 e. The van der Waals surface area contributed by atoms with Gasteiger partial charge in [0.25, 0.3) is 5.91 Å². The van der Waals surface area contributed by atoms with Crippen molar-refractivity contribution in [2.45, 2.75) is 18.9 Å². The van der Waals surface area contributed by atoms with Gasteiger partial charge in [-0.3, -0.25) is 9.78 Å². The molecule has 0 unspecified atom stereocenters. The van der Waals surface area contributed by atoms with Gasteiger partial charge in [-0.2, -0.15) is 0 Å². The van der Waals surface area contributed by atoms with Crippen LogP contribution in [-0.4, -0.2) is 21.9 Å². The van der Waals surface area contributed by atoms with E-state index in [2.05, 4.69) is 20.6 Å². The highest BCUT2D eigenvalue weighted by Crippen LogP contribution is 2.24. The van der Waals surface area contributed by atoms with Crippen LogP contribution < -0.4 is 10.6 Å². The normalized spacial score (nSPS) is 13.7. The molecule has 1 saturated carbocycles. The summed E-state index contributed by atoms with van der Waals surface area (Å²) in [7, 11) is 0. The van der Waals surface area contributed by atoms with Gasteiger partial charge in [0.15, 0.2) is 0 Å². The number of nitrogens with one attached hydrogen (secondary N) is 2. The van der Waals surface area contributed by atoms with E-state index in [4.69, 9.17) is 0 Å². The number of carbonyl (C=O) groups is 1. The van der Waals surface area contributed by atoms with Gasteiger partial charge in [-0.15, -0.1) is 0 Å². The van der Waals surface area contributed by atoms with Crippen molar-refractivity contribution in [1.29, 1.82) is 0 Å². The molecule has 1 fully saturated rings. The van der Waals surface area contributed by atoms with Crippen molar-refractivity contribution >= 4 is 28.2 Å². The van der Waals surface area contributed by atoms with E-state index in [1.54, 1.807) is 18.5 Å². The molecule has 1 aliphatic rings. The summed E-state index contributed by atoms with van der Waals surface area (Å²) < 4.78 is 0. The van der Waals surface area contributed by atoms with Crippen LogP contribution in [0, 0.1) is 0 Å². The summed E-state index contributed by atoms with van der Waals surface area (Å²) in [6.07, 6.45) is 5.83. The predicted octanol–water partition coefficient (Wildman–Crippen LogP) is 3.46. The molecule has 0 saturated heterocycles.